The molecule has 2 aromatic heterocycles. The molecule has 1 aromatic carbocycles. The third-order valence-corrected chi connectivity index (χ3v) is 3.83. The number of nitrogens with zero attached hydrogens (tertiary/aromatic N) is 3. The van der Waals surface area contributed by atoms with E-state index in [2.05, 4.69) is 27.6 Å². The Hall–Kier alpha value is -1.98. The Balaban J connectivity index is 1.91. The largest absolute Gasteiger partial charge is 0.326 e. The van der Waals surface area contributed by atoms with Crippen molar-refractivity contribution in [2.24, 2.45) is 12.8 Å². The zero-order valence-corrected chi connectivity index (χ0v) is 11.4. The molecule has 0 radical (unpaired) electrons. The van der Waals surface area contributed by atoms with E-state index in [1.54, 1.807) is 16.0 Å². The van der Waals surface area contributed by atoms with E-state index in [9.17, 15) is 0 Å². The maximum absolute atomic E-state index is 5.60. The molecule has 3 aromatic rings. The molecule has 0 amide bonds. The Labute approximate surface area is 115 Å². The fourth-order valence-corrected chi connectivity index (χ4v) is 2.71. The van der Waals surface area contributed by atoms with Crippen molar-refractivity contribution in [3.05, 3.63) is 47.6 Å². The van der Waals surface area contributed by atoms with Gasteiger partial charge in [0.1, 0.15) is 5.01 Å². The van der Waals surface area contributed by atoms with Crippen LogP contribution in [0.1, 0.15) is 5.56 Å². The Kier molecular flexibility index (Phi) is 3.15. The lowest BCUT2D eigenvalue weighted by Crippen LogP contribution is -1.95. The van der Waals surface area contributed by atoms with Crippen LogP contribution >= 0.6 is 11.3 Å². The third kappa shape index (κ3) is 2.43. The molecule has 0 bridgehead atoms. The summed E-state index contributed by atoms with van der Waals surface area (Å²) in [5.41, 5.74) is 9.87. The van der Waals surface area contributed by atoms with Gasteiger partial charge in [0, 0.05) is 36.3 Å². The minimum Gasteiger partial charge on any atom is -0.326 e. The van der Waals surface area contributed by atoms with E-state index in [1.165, 1.54) is 0 Å². The van der Waals surface area contributed by atoms with E-state index in [0.717, 1.165) is 27.4 Å². The summed E-state index contributed by atoms with van der Waals surface area (Å²) in [7, 11) is 1.91. The maximum atomic E-state index is 5.60. The van der Waals surface area contributed by atoms with Gasteiger partial charge < -0.3 is 5.73 Å². The molecule has 0 fully saturated rings. The van der Waals surface area contributed by atoms with E-state index in [-0.39, 0.29) is 0 Å². The van der Waals surface area contributed by atoms with E-state index in [1.807, 2.05) is 31.6 Å². The van der Waals surface area contributed by atoms with Gasteiger partial charge in [0.05, 0.1) is 11.9 Å². The van der Waals surface area contributed by atoms with Crippen molar-refractivity contribution in [3.63, 3.8) is 0 Å². The summed E-state index contributed by atoms with van der Waals surface area (Å²) in [6.45, 7) is 0.569. The number of hydrogen-bond acceptors (Lipinski definition) is 4. The monoisotopic (exact) mass is 270 g/mol. The molecule has 2 heterocycles. The smallest absolute Gasteiger partial charge is 0.124 e. The van der Waals surface area contributed by atoms with Gasteiger partial charge in [0.2, 0.25) is 0 Å². The van der Waals surface area contributed by atoms with E-state index >= 15 is 0 Å². The van der Waals surface area contributed by atoms with Crippen molar-refractivity contribution in [2.45, 2.75) is 6.54 Å². The van der Waals surface area contributed by atoms with Gasteiger partial charge in [-0.3, -0.25) is 4.68 Å². The summed E-state index contributed by atoms with van der Waals surface area (Å²) in [6.07, 6.45) is 3.80. The first-order valence-electron chi connectivity index (χ1n) is 6.00. The Morgan fingerprint density at radius 1 is 1.21 bits per heavy atom. The fraction of sp³-hybridized carbons (Fsp3) is 0.143. The number of rotatable bonds is 3. The lowest BCUT2D eigenvalue weighted by Gasteiger charge is -1.98. The summed E-state index contributed by atoms with van der Waals surface area (Å²) in [4.78, 5) is 4.65. The molecule has 0 atom stereocenters. The van der Waals surface area contributed by atoms with Crippen LogP contribution in [0.15, 0.2) is 42.0 Å². The van der Waals surface area contributed by atoms with Gasteiger partial charge in [-0.1, -0.05) is 24.3 Å². The zero-order valence-electron chi connectivity index (χ0n) is 10.6. The number of aryl methyl sites for hydroxylation is 1. The third-order valence-electron chi connectivity index (χ3n) is 2.94. The Morgan fingerprint density at radius 3 is 2.63 bits per heavy atom. The molecule has 0 spiro atoms. The van der Waals surface area contributed by atoms with Crippen molar-refractivity contribution >= 4 is 11.3 Å². The molecule has 4 nitrogen and oxygen atoms in total. The number of aromatic nitrogens is 3. The SMILES string of the molecule is Cn1cc(-c2csc(-c3ccc(CN)cc3)n2)cn1. The van der Waals surface area contributed by atoms with E-state index in [0.29, 0.717) is 6.54 Å². The average Bonchev–Trinajstić information content (AvgIpc) is 3.07. The molecule has 0 aliphatic rings. The predicted molar refractivity (Wildman–Crippen MR) is 77.6 cm³/mol. The summed E-state index contributed by atoms with van der Waals surface area (Å²) >= 11 is 1.64. The summed E-state index contributed by atoms with van der Waals surface area (Å²) < 4.78 is 1.78. The molecule has 19 heavy (non-hydrogen) atoms. The number of thiazole rings is 1. The average molecular weight is 270 g/mol. The standard InChI is InChI=1S/C14H14N4S/c1-18-8-12(7-16-18)13-9-19-14(17-13)11-4-2-10(6-15)3-5-11/h2-5,7-9H,6,15H2,1H3. The van der Waals surface area contributed by atoms with E-state index in [4.69, 9.17) is 5.73 Å². The molecule has 0 unspecified atom stereocenters. The second-order valence-electron chi connectivity index (χ2n) is 4.34. The first-order valence-corrected chi connectivity index (χ1v) is 6.88. The van der Waals surface area contributed by atoms with Crippen LogP contribution in [0.3, 0.4) is 0 Å². The molecular weight excluding hydrogens is 256 g/mol. The highest BCUT2D eigenvalue weighted by Gasteiger charge is 2.07. The van der Waals surface area contributed by atoms with Crippen molar-refractivity contribution in [2.75, 3.05) is 0 Å². The second-order valence-corrected chi connectivity index (χ2v) is 5.20. The van der Waals surface area contributed by atoms with Crippen LogP contribution in [-0.2, 0) is 13.6 Å². The second kappa shape index (κ2) is 4.95. The minimum absolute atomic E-state index is 0.569. The molecule has 0 aliphatic heterocycles. The summed E-state index contributed by atoms with van der Waals surface area (Å²) in [5, 5.41) is 7.24. The van der Waals surface area contributed by atoms with Crippen molar-refractivity contribution in [1.29, 1.82) is 0 Å². The van der Waals surface area contributed by atoms with Crippen LogP contribution in [0.4, 0.5) is 0 Å². The lowest BCUT2D eigenvalue weighted by atomic mass is 10.1. The first-order chi connectivity index (χ1) is 9.26. The quantitative estimate of drug-likeness (QED) is 0.796. The lowest BCUT2D eigenvalue weighted by molar-refractivity contribution is 0.768. The number of nitrogens with two attached hydrogens (primary N) is 1. The van der Waals surface area contributed by atoms with E-state index < -0.39 is 0 Å². The van der Waals surface area contributed by atoms with Gasteiger partial charge >= 0.3 is 0 Å². The van der Waals surface area contributed by atoms with Crippen molar-refractivity contribution in [1.82, 2.24) is 14.8 Å². The Morgan fingerprint density at radius 2 is 2.00 bits per heavy atom. The zero-order chi connectivity index (χ0) is 13.2. The van der Waals surface area contributed by atoms with Gasteiger partial charge in [-0.2, -0.15) is 5.10 Å². The molecule has 5 heteroatoms. The number of hydrogen-bond donors (Lipinski definition) is 1. The van der Waals surface area contributed by atoms with Gasteiger partial charge in [0.25, 0.3) is 0 Å². The first kappa shape index (κ1) is 12.1. The topological polar surface area (TPSA) is 56.7 Å². The highest BCUT2D eigenvalue weighted by molar-refractivity contribution is 7.13. The molecular formula is C14H14N4S. The predicted octanol–water partition coefficient (Wildman–Crippen LogP) is 2.67. The van der Waals surface area contributed by atoms with Gasteiger partial charge in [-0.15, -0.1) is 11.3 Å². The molecule has 2 N–H and O–H groups in total. The molecule has 0 saturated carbocycles. The van der Waals surface area contributed by atoms with Crippen molar-refractivity contribution in [3.8, 4) is 21.8 Å². The van der Waals surface area contributed by atoms with Crippen LogP contribution in [0.25, 0.3) is 21.8 Å². The highest BCUT2D eigenvalue weighted by atomic mass is 32.1. The maximum Gasteiger partial charge on any atom is 0.124 e. The summed E-state index contributed by atoms with van der Waals surface area (Å²) in [6, 6.07) is 8.21. The van der Waals surface area contributed by atoms with Gasteiger partial charge in [0.15, 0.2) is 0 Å². The van der Waals surface area contributed by atoms with Crippen LogP contribution in [0.5, 0.6) is 0 Å². The number of benzene rings is 1. The van der Waals surface area contributed by atoms with Gasteiger partial charge in [-0.05, 0) is 5.56 Å². The van der Waals surface area contributed by atoms with Crippen LogP contribution < -0.4 is 5.73 Å². The van der Waals surface area contributed by atoms with Crippen LogP contribution in [-0.4, -0.2) is 14.8 Å². The van der Waals surface area contributed by atoms with Crippen molar-refractivity contribution < 1.29 is 0 Å². The fourth-order valence-electron chi connectivity index (χ4n) is 1.88. The van der Waals surface area contributed by atoms with Crippen LogP contribution in [0, 0.1) is 0 Å². The molecule has 3 rings (SSSR count). The van der Waals surface area contributed by atoms with Crippen LogP contribution in [0.2, 0.25) is 0 Å². The highest BCUT2D eigenvalue weighted by Crippen LogP contribution is 2.28. The molecule has 96 valence electrons. The summed E-state index contributed by atoms with van der Waals surface area (Å²) in [5.74, 6) is 0. The Bertz CT molecular complexity index is 682. The molecule has 0 aliphatic carbocycles. The normalized spacial score (nSPS) is 10.8. The van der Waals surface area contributed by atoms with Gasteiger partial charge in [-0.25, -0.2) is 4.98 Å². The molecule has 0 saturated heterocycles. The minimum atomic E-state index is 0.569.